The number of hydrogen-bond acceptors (Lipinski definition) is 4. The first kappa shape index (κ1) is 16.5. The minimum atomic E-state index is -0.249. The number of nitrogens with two attached hydrogens (primary N) is 1. The van der Waals surface area contributed by atoms with Crippen LogP contribution in [0.3, 0.4) is 0 Å². The second-order valence-electron chi connectivity index (χ2n) is 5.47. The number of oxime groups is 1. The van der Waals surface area contributed by atoms with Crippen molar-refractivity contribution in [3.8, 4) is 0 Å². The number of amidine groups is 1. The summed E-state index contributed by atoms with van der Waals surface area (Å²) in [4.78, 5) is 2.29. The summed E-state index contributed by atoms with van der Waals surface area (Å²) in [5.74, 6) is 0.303. The summed E-state index contributed by atoms with van der Waals surface area (Å²) in [5.41, 5.74) is 6.76. The fraction of sp³-hybridized carbons (Fsp3) is 0.615. The molecule has 0 aliphatic carbocycles. The molecule has 1 aromatic heterocycles. The molecule has 4 nitrogen and oxygen atoms in total. The molecule has 3 N–H and O–H groups in total. The molecule has 0 aromatic carbocycles. The maximum Gasteiger partial charge on any atom is 0.144 e. The molecular weight excluding hydrogens is 326 g/mol. The zero-order valence-electron chi connectivity index (χ0n) is 11.7. The highest BCUT2D eigenvalue weighted by Gasteiger charge is 2.23. The molecule has 1 heterocycles. The molecule has 0 bridgehead atoms. The van der Waals surface area contributed by atoms with E-state index in [1.165, 1.54) is 9.35 Å². The molecule has 19 heavy (non-hydrogen) atoms. The summed E-state index contributed by atoms with van der Waals surface area (Å²) in [5, 5.41) is 14.0. The maximum absolute atomic E-state index is 8.73. The lowest BCUT2D eigenvalue weighted by atomic mass is 9.86. The molecule has 6 heteroatoms. The van der Waals surface area contributed by atoms with Crippen molar-refractivity contribution in [3.63, 3.8) is 0 Å². The van der Waals surface area contributed by atoms with Gasteiger partial charge in [-0.25, -0.2) is 0 Å². The highest BCUT2D eigenvalue weighted by Crippen LogP contribution is 2.24. The molecule has 0 amide bonds. The maximum atomic E-state index is 8.73. The van der Waals surface area contributed by atoms with Crippen LogP contribution in [0.5, 0.6) is 0 Å². The molecule has 0 fully saturated rings. The quantitative estimate of drug-likeness (QED) is 0.343. The Kier molecular flexibility index (Phi) is 6.29. The van der Waals surface area contributed by atoms with E-state index in [-0.39, 0.29) is 5.41 Å². The third-order valence-corrected chi connectivity index (χ3v) is 4.77. The number of nitrogens with zero attached hydrogens (tertiary/aromatic N) is 2. The smallest absolute Gasteiger partial charge is 0.144 e. The highest BCUT2D eigenvalue weighted by atomic mass is 79.9. The zero-order chi connectivity index (χ0) is 14.5. The van der Waals surface area contributed by atoms with E-state index in [9.17, 15) is 0 Å². The Bertz CT molecular complexity index is 431. The average Bonchev–Trinajstić information content (AvgIpc) is 2.73. The van der Waals surface area contributed by atoms with Crippen LogP contribution in [0.25, 0.3) is 0 Å². The number of halogens is 1. The van der Waals surface area contributed by atoms with Crippen LogP contribution in [0, 0.1) is 5.41 Å². The van der Waals surface area contributed by atoms with Crippen LogP contribution in [-0.2, 0) is 6.54 Å². The second-order valence-corrected chi connectivity index (χ2v) is 7.76. The molecule has 0 spiro atoms. The van der Waals surface area contributed by atoms with Crippen molar-refractivity contribution in [2.45, 2.75) is 33.2 Å². The van der Waals surface area contributed by atoms with E-state index < -0.39 is 0 Å². The van der Waals surface area contributed by atoms with Gasteiger partial charge in [-0.2, -0.15) is 0 Å². The standard InChI is InChI=1S/C13H22BrN3OS/c1-13(2,12(15)16-18)5-4-6-17(3)8-10-7-11(14)19-9-10/h7,9,18H,4-6,8H2,1-3H3,(H2,15,16). The van der Waals surface area contributed by atoms with E-state index >= 15 is 0 Å². The molecule has 1 aromatic rings. The Morgan fingerprint density at radius 2 is 2.26 bits per heavy atom. The van der Waals surface area contributed by atoms with Gasteiger partial charge in [0.25, 0.3) is 0 Å². The van der Waals surface area contributed by atoms with Gasteiger partial charge in [-0.05, 0) is 59.4 Å². The summed E-state index contributed by atoms with van der Waals surface area (Å²) < 4.78 is 1.17. The van der Waals surface area contributed by atoms with Crippen molar-refractivity contribution < 1.29 is 5.21 Å². The lowest BCUT2D eigenvalue weighted by Gasteiger charge is -2.24. The summed E-state index contributed by atoms with van der Waals surface area (Å²) >= 11 is 5.19. The molecule has 0 radical (unpaired) electrons. The first-order valence-corrected chi connectivity index (χ1v) is 7.92. The lowest BCUT2D eigenvalue weighted by Crippen LogP contribution is -2.32. The summed E-state index contributed by atoms with van der Waals surface area (Å²) in [6, 6.07) is 2.15. The molecule has 0 saturated heterocycles. The average molecular weight is 348 g/mol. The van der Waals surface area contributed by atoms with Gasteiger partial charge in [-0.3, -0.25) is 0 Å². The molecular formula is C13H22BrN3OS. The Morgan fingerprint density at radius 1 is 1.58 bits per heavy atom. The molecule has 108 valence electrons. The SMILES string of the molecule is CN(CCCC(C)(C)C(N)=NO)Cc1csc(Br)c1. The second kappa shape index (κ2) is 7.26. The van der Waals surface area contributed by atoms with E-state index in [2.05, 4.69) is 44.5 Å². The van der Waals surface area contributed by atoms with Crippen LogP contribution in [0.1, 0.15) is 32.3 Å². The monoisotopic (exact) mass is 347 g/mol. The fourth-order valence-electron chi connectivity index (χ4n) is 1.87. The van der Waals surface area contributed by atoms with Crippen LogP contribution < -0.4 is 5.73 Å². The predicted molar refractivity (Wildman–Crippen MR) is 84.8 cm³/mol. The van der Waals surface area contributed by atoms with Crippen LogP contribution in [-0.4, -0.2) is 29.5 Å². The van der Waals surface area contributed by atoms with Gasteiger partial charge in [0.15, 0.2) is 0 Å². The minimum absolute atomic E-state index is 0.249. The first-order chi connectivity index (χ1) is 8.85. The number of rotatable bonds is 7. The van der Waals surface area contributed by atoms with Crippen LogP contribution >= 0.6 is 27.3 Å². The van der Waals surface area contributed by atoms with Gasteiger partial charge in [0.2, 0.25) is 0 Å². The predicted octanol–water partition coefficient (Wildman–Crippen LogP) is 3.50. The van der Waals surface area contributed by atoms with E-state index in [0.717, 1.165) is 25.9 Å². The van der Waals surface area contributed by atoms with E-state index in [1.807, 2.05) is 13.8 Å². The van der Waals surface area contributed by atoms with Crippen molar-refractivity contribution in [1.82, 2.24) is 4.90 Å². The van der Waals surface area contributed by atoms with Crippen LogP contribution in [0.2, 0.25) is 0 Å². The molecule has 0 unspecified atom stereocenters. The van der Waals surface area contributed by atoms with Gasteiger partial charge >= 0.3 is 0 Å². The number of thiophene rings is 1. The molecule has 0 atom stereocenters. The van der Waals surface area contributed by atoms with Crippen molar-refractivity contribution >= 4 is 33.1 Å². The summed E-state index contributed by atoms with van der Waals surface area (Å²) in [6.07, 6.45) is 1.92. The van der Waals surface area contributed by atoms with Crippen LogP contribution in [0.4, 0.5) is 0 Å². The number of hydrogen-bond donors (Lipinski definition) is 2. The molecule has 0 saturated carbocycles. The van der Waals surface area contributed by atoms with Gasteiger partial charge in [0.05, 0.1) is 3.79 Å². The molecule has 1 rings (SSSR count). The zero-order valence-corrected chi connectivity index (χ0v) is 14.1. The minimum Gasteiger partial charge on any atom is -0.409 e. The first-order valence-electron chi connectivity index (χ1n) is 6.24. The topological polar surface area (TPSA) is 61.8 Å². The van der Waals surface area contributed by atoms with E-state index in [1.54, 1.807) is 11.3 Å². The lowest BCUT2D eigenvalue weighted by molar-refractivity contribution is 0.287. The normalized spacial score (nSPS) is 13.2. The van der Waals surface area contributed by atoms with E-state index in [4.69, 9.17) is 10.9 Å². The Hall–Kier alpha value is -0.590. The van der Waals surface area contributed by atoms with Gasteiger partial charge in [0, 0.05) is 12.0 Å². The Labute approximate surface area is 127 Å². The molecule has 0 aliphatic heterocycles. The van der Waals surface area contributed by atoms with Crippen LogP contribution in [0.15, 0.2) is 20.4 Å². The van der Waals surface area contributed by atoms with Gasteiger partial charge in [0.1, 0.15) is 5.84 Å². The van der Waals surface area contributed by atoms with Crippen molar-refractivity contribution in [3.05, 3.63) is 20.8 Å². The fourth-order valence-corrected chi connectivity index (χ4v) is 3.07. The van der Waals surface area contributed by atoms with Gasteiger partial charge in [-0.1, -0.05) is 19.0 Å². The summed E-state index contributed by atoms with van der Waals surface area (Å²) in [6.45, 7) is 5.94. The van der Waals surface area contributed by atoms with Gasteiger partial charge in [-0.15, -0.1) is 11.3 Å². The molecule has 0 aliphatic rings. The Balaban J connectivity index is 2.33. The van der Waals surface area contributed by atoms with Crippen molar-refractivity contribution in [1.29, 1.82) is 0 Å². The largest absolute Gasteiger partial charge is 0.409 e. The Morgan fingerprint density at radius 3 is 2.79 bits per heavy atom. The third-order valence-electron chi connectivity index (χ3n) is 3.22. The van der Waals surface area contributed by atoms with E-state index in [0.29, 0.717) is 5.84 Å². The van der Waals surface area contributed by atoms with Crippen molar-refractivity contribution in [2.24, 2.45) is 16.3 Å². The van der Waals surface area contributed by atoms with Gasteiger partial charge < -0.3 is 15.8 Å². The highest BCUT2D eigenvalue weighted by molar-refractivity contribution is 9.11. The van der Waals surface area contributed by atoms with Crippen molar-refractivity contribution in [2.75, 3.05) is 13.6 Å². The summed E-state index contributed by atoms with van der Waals surface area (Å²) in [7, 11) is 2.11. The third kappa shape index (κ3) is 5.50.